The highest BCUT2D eigenvalue weighted by atomic mass is 35.5. The normalized spacial score (nSPS) is 22.6. The van der Waals surface area contributed by atoms with Crippen LogP contribution in [0, 0.1) is 23.7 Å². The molecule has 10 rings (SSSR count). The summed E-state index contributed by atoms with van der Waals surface area (Å²) in [5.41, 5.74) is 6.07. The molecule has 1 saturated carbocycles. The lowest BCUT2D eigenvalue weighted by Gasteiger charge is -2.50. The van der Waals surface area contributed by atoms with Crippen LogP contribution in [0.4, 0.5) is 11.4 Å². The molecule has 6 aromatic carbocycles. The van der Waals surface area contributed by atoms with Crippen LogP contribution >= 0.6 is 23.2 Å². The van der Waals surface area contributed by atoms with Crippen molar-refractivity contribution in [2.75, 3.05) is 31.7 Å². The highest BCUT2D eigenvalue weighted by molar-refractivity contribution is 6.36. The van der Waals surface area contributed by atoms with E-state index in [1.807, 2.05) is 78.9 Å². The van der Waals surface area contributed by atoms with Gasteiger partial charge < -0.3 is 24.1 Å². The minimum Gasteiger partial charge on any atom is -0.508 e. The third kappa shape index (κ3) is 7.90. The number of hydrogen-bond donors (Lipinski definition) is 2. The molecule has 2 heterocycles. The number of ether oxygens (including phenoxy) is 4. The summed E-state index contributed by atoms with van der Waals surface area (Å²) in [6, 6.07) is 38.9. The molecule has 70 heavy (non-hydrogen) atoms. The highest BCUT2D eigenvalue weighted by Gasteiger charge is 2.70. The molecule has 2 aliphatic heterocycles. The van der Waals surface area contributed by atoms with Crippen molar-refractivity contribution < 1.29 is 43.2 Å². The number of fused-ring (bicyclic) bond motifs is 4. The first kappa shape index (κ1) is 46.2. The number of halogens is 2. The number of phenolic OH excluding ortho intramolecular Hbond substituents is 1. The monoisotopic (exact) mass is 975 g/mol. The second kappa shape index (κ2) is 18.8. The molecule has 0 aromatic heterocycles. The fourth-order valence-corrected chi connectivity index (χ4v) is 11.4. The number of allylic oxidation sites excluding steroid dienone is 2. The van der Waals surface area contributed by atoms with Gasteiger partial charge in [-0.05, 0) is 102 Å². The van der Waals surface area contributed by atoms with Crippen LogP contribution in [0.25, 0.3) is 12.2 Å². The summed E-state index contributed by atoms with van der Waals surface area (Å²) in [6.45, 7) is 0.239. The maximum atomic E-state index is 15.8. The third-order valence-electron chi connectivity index (χ3n) is 14.2. The number of methoxy groups -OCH3 is 3. The van der Waals surface area contributed by atoms with Gasteiger partial charge in [-0.2, -0.15) is 5.01 Å². The molecular weight excluding hydrogens is 930 g/mol. The fourth-order valence-electron chi connectivity index (χ4n) is 10.9. The van der Waals surface area contributed by atoms with Crippen molar-refractivity contribution in [3.63, 3.8) is 0 Å². The predicted octanol–water partition coefficient (Wildman–Crippen LogP) is 10.7. The van der Waals surface area contributed by atoms with Crippen molar-refractivity contribution in [1.29, 1.82) is 0 Å². The first-order chi connectivity index (χ1) is 33.9. The zero-order chi connectivity index (χ0) is 48.8. The van der Waals surface area contributed by atoms with Gasteiger partial charge in [0.2, 0.25) is 11.8 Å². The van der Waals surface area contributed by atoms with E-state index in [1.165, 1.54) is 24.1 Å². The van der Waals surface area contributed by atoms with Crippen molar-refractivity contribution in [2.24, 2.45) is 23.7 Å². The number of imide groups is 2. The lowest BCUT2D eigenvalue weighted by atomic mass is 9.49. The van der Waals surface area contributed by atoms with Gasteiger partial charge in [-0.3, -0.25) is 29.5 Å². The topological polar surface area (TPSA) is 144 Å². The van der Waals surface area contributed by atoms with Crippen molar-refractivity contribution in [2.45, 2.75) is 30.8 Å². The Morgan fingerprint density at radius 3 is 2.16 bits per heavy atom. The number of nitrogens with one attached hydrogen (secondary N) is 1. The van der Waals surface area contributed by atoms with Gasteiger partial charge >= 0.3 is 0 Å². The van der Waals surface area contributed by atoms with Gasteiger partial charge in [0.15, 0.2) is 0 Å². The van der Waals surface area contributed by atoms with E-state index in [0.29, 0.717) is 50.4 Å². The van der Waals surface area contributed by atoms with Crippen LogP contribution in [0.5, 0.6) is 28.7 Å². The molecule has 4 aliphatic rings. The Bertz CT molecular complexity index is 3110. The molecule has 6 aromatic rings. The molecule has 354 valence electrons. The molecule has 2 aliphatic carbocycles. The number of phenols is 1. The Balaban J connectivity index is 1.05. The van der Waals surface area contributed by atoms with Crippen molar-refractivity contribution in [3.05, 3.63) is 183 Å². The summed E-state index contributed by atoms with van der Waals surface area (Å²) < 4.78 is 22.6. The van der Waals surface area contributed by atoms with Gasteiger partial charge in [0.1, 0.15) is 35.4 Å². The lowest BCUT2D eigenvalue weighted by Crippen LogP contribution is -2.53. The van der Waals surface area contributed by atoms with Crippen LogP contribution in [0.15, 0.2) is 145 Å². The summed E-state index contributed by atoms with van der Waals surface area (Å²) in [4.78, 5) is 61.9. The largest absolute Gasteiger partial charge is 0.508 e. The van der Waals surface area contributed by atoms with Gasteiger partial charge in [0, 0.05) is 28.1 Å². The second-order valence-electron chi connectivity index (χ2n) is 17.8. The molecule has 3 fully saturated rings. The van der Waals surface area contributed by atoms with Crippen LogP contribution in [-0.4, -0.2) is 55.1 Å². The zero-order valence-electron chi connectivity index (χ0n) is 38.3. The molecular formula is C56H47Cl2N3O9. The maximum Gasteiger partial charge on any atom is 0.260 e. The van der Waals surface area contributed by atoms with Crippen LogP contribution in [0.3, 0.4) is 0 Å². The number of hydrogen-bond acceptors (Lipinski definition) is 10. The quantitative estimate of drug-likeness (QED) is 0.0652. The van der Waals surface area contributed by atoms with E-state index in [0.717, 1.165) is 21.7 Å². The van der Waals surface area contributed by atoms with Gasteiger partial charge in [0.05, 0.1) is 60.9 Å². The summed E-state index contributed by atoms with van der Waals surface area (Å²) >= 11 is 12.9. The van der Waals surface area contributed by atoms with Crippen LogP contribution < -0.4 is 29.3 Å². The van der Waals surface area contributed by atoms with Crippen molar-refractivity contribution >= 4 is 70.4 Å². The number of hydrazine groups is 1. The van der Waals surface area contributed by atoms with E-state index in [4.69, 9.17) is 42.1 Å². The molecule has 6 atom stereocenters. The maximum absolute atomic E-state index is 15.8. The van der Waals surface area contributed by atoms with E-state index in [-0.39, 0.29) is 41.8 Å². The summed E-state index contributed by atoms with van der Waals surface area (Å²) in [6.07, 6.45) is 5.96. The Morgan fingerprint density at radius 2 is 1.46 bits per heavy atom. The summed E-state index contributed by atoms with van der Waals surface area (Å²) in [7, 11) is 4.73. The lowest BCUT2D eigenvalue weighted by molar-refractivity contribution is -0.138. The van der Waals surface area contributed by atoms with Crippen LogP contribution in [-0.2, 0) is 31.2 Å². The van der Waals surface area contributed by atoms with Gasteiger partial charge in [0.25, 0.3) is 11.8 Å². The molecule has 4 amide bonds. The number of carbonyl (C=O) groups excluding carboxylic acids is 4. The Morgan fingerprint density at radius 1 is 0.729 bits per heavy atom. The number of carbonyl (C=O) groups is 4. The minimum absolute atomic E-state index is 0.0377. The SMILES string of the molecule is COc1ccc(C23C(=O)N(Nc4ccc(Cl)cc4Cl)C(=O)C2CC2C(=CCC4C(=O)N(c5ccc(C=Cc6cc(OC)ccc6OC)cc5)C(=O)C42)C3c2ccc(OCc3ccccc3)cc2O)cc1. The number of rotatable bonds is 13. The molecule has 2 saturated heterocycles. The number of aromatic hydroxyl groups is 1. The molecule has 14 heteroatoms. The molecule has 2 N–H and O–H groups in total. The Labute approximate surface area is 414 Å². The van der Waals surface area contributed by atoms with E-state index in [2.05, 4.69) is 5.43 Å². The van der Waals surface area contributed by atoms with Gasteiger partial charge in [-0.1, -0.05) is 108 Å². The molecule has 12 nitrogen and oxygen atoms in total. The van der Waals surface area contributed by atoms with Crippen molar-refractivity contribution in [3.8, 4) is 28.7 Å². The predicted molar refractivity (Wildman–Crippen MR) is 267 cm³/mol. The highest BCUT2D eigenvalue weighted by Crippen LogP contribution is 2.65. The molecule has 6 unspecified atom stereocenters. The summed E-state index contributed by atoms with van der Waals surface area (Å²) in [5.74, 6) is -4.25. The van der Waals surface area contributed by atoms with Gasteiger partial charge in [-0.15, -0.1) is 0 Å². The smallest absolute Gasteiger partial charge is 0.260 e. The van der Waals surface area contributed by atoms with E-state index < -0.39 is 52.7 Å². The van der Waals surface area contributed by atoms with Crippen molar-refractivity contribution in [1.82, 2.24) is 5.01 Å². The number of anilines is 2. The average Bonchev–Trinajstić information content (AvgIpc) is 3.76. The van der Waals surface area contributed by atoms with Crippen LogP contribution in [0.2, 0.25) is 10.0 Å². The zero-order valence-corrected chi connectivity index (χ0v) is 39.8. The van der Waals surface area contributed by atoms with E-state index >= 15 is 14.4 Å². The van der Waals surface area contributed by atoms with E-state index in [1.54, 1.807) is 74.9 Å². The fraction of sp³-hybridized carbons (Fsp3) is 0.214. The minimum atomic E-state index is -1.68. The Kier molecular flexibility index (Phi) is 12.4. The number of nitrogens with zero attached hydrogens (tertiary/aromatic N) is 2. The first-order valence-electron chi connectivity index (χ1n) is 22.8. The second-order valence-corrected chi connectivity index (χ2v) is 18.6. The number of amides is 4. The Hall–Kier alpha value is -7.54. The molecule has 0 radical (unpaired) electrons. The number of benzene rings is 6. The molecule has 0 spiro atoms. The standard InChI is InChI=1S/C56H47Cl2N3O9/c1-67-38-18-13-35(14-19-38)56-45(53(64)61(55(56)66)59-47-25-15-36(57)28-46(47)58)30-44-41(51(56)42-22-20-40(29-48(42)62)70-31-33-7-5-4-6-8-33)23-24-43-50(44)54(65)60(52(43)63)37-16-10-32(11-17-37)9-12-34-27-39(68-2)21-26-49(34)69-3/h4-23,25-29,43-45,50-51,59,62H,24,30-31H2,1-3H3. The first-order valence-corrected chi connectivity index (χ1v) is 23.5. The molecule has 0 bridgehead atoms. The summed E-state index contributed by atoms with van der Waals surface area (Å²) in [5, 5.41) is 13.8. The third-order valence-corrected chi connectivity index (χ3v) is 14.7. The van der Waals surface area contributed by atoms with Gasteiger partial charge in [-0.25, -0.2) is 0 Å². The average molecular weight is 977 g/mol. The van der Waals surface area contributed by atoms with E-state index in [9.17, 15) is 9.90 Å². The van der Waals surface area contributed by atoms with Crippen LogP contribution in [0.1, 0.15) is 46.6 Å².